The maximum Gasteiger partial charge on any atom is 0.242 e. The van der Waals surface area contributed by atoms with E-state index in [0.717, 1.165) is 25.6 Å². The molecule has 1 atom stereocenters. The molecule has 0 spiro atoms. The number of carbonyl (C=O) groups is 1. The van der Waals surface area contributed by atoms with E-state index in [4.69, 9.17) is 5.73 Å². The van der Waals surface area contributed by atoms with Gasteiger partial charge in [0.25, 0.3) is 0 Å². The summed E-state index contributed by atoms with van der Waals surface area (Å²) >= 11 is 0. The quantitative estimate of drug-likeness (QED) is 0.718. The van der Waals surface area contributed by atoms with E-state index < -0.39 is 0 Å². The molecule has 0 aromatic carbocycles. The molecule has 1 saturated carbocycles. The molecule has 7 heteroatoms. The van der Waals surface area contributed by atoms with E-state index in [-0.39, 0.29) is 18.5 Å². The van der Waals surface area contributed by atoms with Crippen molar-refractivity contribution in [2.24, 2.45) is 5.73 Å². The van der Waals surface area contributed by atoms with Crippen LogP contribution >= 0.6 is 0 Å². The Kier molecular flexibility index (Phi) is 3.48. The van der Waals surface area contributed by atoms with Gasteiger partial charge in [0.2, 0.25) is 5.91 Å². The summed E-state index contributed by atoms with van der Waals surface area (Å²) in [6.45, 7) is 2.66. The van der Waals surface area contributed by atoms with Gasteiger partial charge in [-0.3, -0.25) is 9.69 Å². The summed E-state index contributed by atoms with van der Waals surface area (Å²) in [6, 6.07) is 1.06. The van der Waals surface area contributed by atoms with E-state index in [2.05, 4.69) is 20.5 Å². The van der Waals surface area contributed by atoms with Crippen molar-refractivity contribution in [1.29, 1.82) is 0 Å². The summed E-state index contributed by atoms with van der Waals surface area (Å²) in [5.74, 6) is -0.00359. The fourth-order valence-corrected chi connectivity index (χ4v) is 2.61. The lowest BCUT2D eigenvalue weighted by molar-refractivity contribution is -0.122. The summed E-state index contributed by atoms with van der Waals surface area (Å²) in [7, 11) is 0. The molecule has 2 aliphatic rings. The molecular weight excluding hydrogens is 244 g/mol. The van der Waals surface area contributed by atoms with Crippen LogP contribution in [-0.4, -0.2) is 51.0 Å². The molecule has 1 aliphatic heterocycles. The first-order valence-corrected chi connectivity index (χ1v) is 6.87. The SMILES string of the molecule is NCc1cn(CC(=O)NC2CCN(C3CC3)C2)nn1. The lowest BCUT2D eigenvalue weighted by atomic mass is 10.2. The number of rotatable bonds is 5. The van der Waals surface area contributed by atoms with Crippen molar-refractivity contribution in [2.45, 2.75) is 44.4 Å². The lowest BCUT2D eigenvalue weighted by Crippen LogP contribution is -2.39. The Balaban J connectivity index is 1.46. The summed E-state index contributed by atoms with van der Waals surface area (Å²) in [6.07, 6.45) is 5.40. The Morgan fingerprint density at radius 2 is 2.32 bits per heavy atom. The van der Waals surface area contributed by atoms with Crippen LogP contribution in [0.5, 0.6) is 0 Å². The number of likely N-dealkylation sites (tertiary alicyclic amines) is 1. The standard InChI is InChI=1S/C12H20N6O/c13-5-10-7-18(16-15-10)8-12(19)14-9-3-4-17(6-9)11-1-2-11/h7,9,11H,1-6,8,13H2,(H,14,19). The van der Waals surface area contributed by atoms with E-state index >= 15 is 0 Å². The van der Waals surface area contributed by atoms with Gasteiger partial charge in [0, 0.05) is 31.7 Å². The third kappa shape index (κ3) is 3.10. The molecular formula is C12H20N6O. The Labute approximate surface area is 112 Å². The second-order valence-corrected chi connectivity index (χ2v) is 5.39. The van der Waals surface area contributed by atoms with Crippen molar-refractivity contribution in [1.82, 2.24) is 25.2 Å². The van der Waals surface area contributed by atoms with Gasteiger partial charge in [-0.2, -0.15) is 0 Å². The number of aromatic nitrogens is 3. The van der Waals surface area contributed by atoms with Crippen LogP contribution in [0.3, 0.4) is 0 Å². The zero-order chi connectivity index (χ0) is 13.2. The van der Waals surface area contributed by atoms with Gasteiger partial charge in [-0.1, -0.05) is 5.21 Å². The van der Waals surface area contributed by atoms with E-state index in [9.17, 15) is 4.79 Å². The van der Waals surface area contributed by atoms with Crippen molar-refractivity contribution in [2.75, 3.05) is 13.1 Å². The monoisotopic (exact) mass is 264 g/mol. The fraction of sp³-hybridized carbons (Fsp3) is 0.750. The molecule has 0 radical (unpaired) electrons. The second kappa shape index (κ2) is 5.26. The number of nitrogens with zero attached hydrogens (tertiary/aromatic N) is 4. The third-order valence-corrected chi connectivity index (χ3v) is 3.75. The highest BCUT2D eigenvalue weighted by atomic mass is 16.2. The third-order valence-electron chi connectivity index (χ3n) is 3.75. The Morgan fingerprint density at radius 1 is 1.47 bits per heavy atom. The van der Waals surface area contributed by atoms with E-state index in [1.165, 1.54) is 17.5 Å². The Morgan fingerprint density at radius 3 is 3.00 bits per heavy atom. The molecule has 1 aliphatic carbocycles. The first-order chi connectivity index (χ1) is 9.24. The molecule has 3 rings (SSSR count). The maximum absolute atomic E-state index is 11.9. The van der Waals surface area contributed by atoms with Crippen LogP contribution in [-0.2, 0) is 17.9 Å². The first kappa shape index (κ1) is 12.6. The molecule has 19 heavy (non-hydrogen) atoms. The summed E-state index contributed by atoms with van der Waals surface area (Å²) in [5, 5.41) is 10.8. The van der Waals surface area contributed by atoms with Crippen LogP contribution in [0.1, 0.15) is 25.0 Å². The number of carbonyl (C=O) groups excluding carboxylic acids is 1. The van der Waals surface area contributed by atoms with Gasteiger partial charge in [-0.25, -0.2) is 4.68 Å². The lowest BCUT2D eigenvalue weighted by Gasteiger charge is -2.15. The summed E-state index contributed by atoms with van der Waals surface area (Å²) in [5.41, 5.74) is 6.16. The minimum absolute atomic E-state index is 0.00359. The summed E-state index contributed by atoms with van der Waals surface area (Å²) in [4.78, 5) is 14.4. The minimum Gasteiger partial charge on any atom is -0.350 e. The predicted molar refractivity (Wildman–Crippen MR) is 69.1 cm³/mol. The largest absolute Gasteiger partial charge is 0.350 e. The van der Waals surface area contributed by atoms with Gasteiger partial charge in [-0.05, 0) is 19.3 Å². The van der Waals surface area contributed by atoms with Crippen LogP contribution in [0.4, 0.5) is 0 Å². The van der Waals surface area contributed by atoms with Crippen molar-refractivity contribution in [3.63, 3.8) is 0 Å². The molecule has 1 saturated heterocycles. The van der Waals surface area contributed by atoms with E-state index in [0.29, 0.717) is 12.2 Å². The Bertz CT molecular complexity index is 455. The minimum atomic E-state index is -0.00359. The van der Waals surface area contributed by atoms with Crippen LogP contribution in [0.2, 0.25) is 0 Å². The highest BCUT2D eigenvalue weighted by Gasteiger charge is 2.34. The zero-order valence-electron chi connectivity index (χ0n) is 11.0. The van der Waals surface area contributed by atoms with E-state index in [1.54, 1.807) is 6.20 Å². The average molecular weight is 264 g/mol. The molecule has 3 N–H and O–H groups in total. The van der Waals surface area contributed by atoms with Gasteiger partial charge in [0.05, 0.1) is 11.9 Å². The molecule has 0 bridgehead atoms. The van der Waals surface area contributed by atoms with Gasteiger partial charge in [-0.15, -0.1) is 5.10 Å². The maximum atomic E-state index is 11.9. The molecule has 1 aromatic rings. The van der Waals surface area contributed by atoms with Crippen molar-refractivity contribution in [3.05, 3.63) is 11.9 Å². The molecule has 7 nitrogen and oxygen atoms in total. The van der Waals surface area contributed by atoms with Gasteiger partial charge >= 0.3 is 0 Å². The number of hydrogen-bond donors (Lipinski definition) is 2. The van der Waals surface area contributed by atoms with Crippen molar-refractivity contribution in [3.8, 4) is 0 Å². The smallest absolute Gasteiger partial charge is 0.242 e. The van der Waals surface area contributed by atoms with Gasteiger partial charge in [0.15, 0.2) is 0 Å². The fourth-order valence-electron chi connectivity index (χ4n) is 2.61. The predicted octanol–water partition coefficient (Wildman–Crippen LogP) is -0.910. The van der Waals surface area contributed by atoms with Crippen LogP contribution in [0.15, 0.2) is 6.20 Å². The number of amides is 1. The molecule has 2 fully saturated rings. The molecule has 1 unspecified atom stereocenters. The van der Waals surface area contributed by atoms with Crippen LogP contribution in [0.25, 0.3) is 0 Å². The van der Waals surface area contributed by atoms with Crippen LogP contribution < -0.4 is 11.1 Å². The molecule has 1 amide bonds. The topological polar surface area (TPSA) is 89.1 Å². The van der Waals surface area contributed by atoms with Gasteiger partial charge in [0.1, 0.15) is 6.54 Å². The van der Waals surface area contributed by atoms with Gasteiger partial charge < -0.3 is 11.1 Å². The molecule has 104 valence electrons. The van der Waals surface area contributed by atoms with Crippen molar-refractivity contribution < 1.29 is 4.79 Å². The number of nitrogens with two attached hydrogens (primary N) is 1. The van der Waals surface area contributed by atoms with E-state index in [1.807, 2.05) is 0 Å². The Hall–Kier alpha value is -1.47. The van der Waals surface area contributed by atoms with Crippen molar-refractivity contribution >= 4 is 5.91 Å². The summed E-state index contributed by atoms with van der Waals surface area (Å²) < 4.78 is 1.53. The number of hydrogen-bond acceptors (Lipinski definition) is 5. The second-order valence-electron chi connectivity index (χ2n) is 5.39. The molecule has 1 aromatic heterocycles. The molecule has 2 heterocycles. The first-order valence-electron chi connectivity index (χ1n) is 6.87. The highest BCUT2D eigenvalue weighted by Crippen LogP contribution is 2.29. The highest BCUT2D eigenvalue weighted by molar-refractivity contribution is 5.76. The zero-order valence-corrected chi connectivity index (χ0v) is 11.0. The van der Waals surface area contributed by atoms with Crippen LogP contribution in [0, 0.1) is 0 Å². The average Bonchev–Trinajstić information content (AvgIpc) is 2.98. The normalized spacial score (nSPS) is 23.7. The number of nitrogens with one attached hydrogen (secondary N) is 1.